The Hall–Kier alpha value is -1.13. The molecular weight excluding hydrogens is 267 g/mol. The molecule has 0 aliphatic carbocycles. The fraction of sp³-hybridized carbons (Fsp3) is 0.500. The Labute approximate surface area is 119 Å². The molecule has 19 heavy (non-hydrogen) atoms. The van der Waals surface area contributed by atoms with E-state index in [-0.39, 0.29) is 24.0 Å². The van der Waals surface area contributed by atoms with Gasteiger partial charge in [-0.25, -0.2) is 4.39 Å². The van der Waals surface area contributed by atoms with Gasteiger partial charge in [-0.15, -0.1) is 12.4 Å². The number of amides is 1. The normalized spacial score (nSPS) is 22.5. The van der Waals surface area contributed by atoms with Crippen molar-refractivity contribution < 1.29 is 9.18 Å². The molecule has 2 rings (SSSR count). The van der Waals surface area contributed by atoms with Gasteiger partial charge in [-0.1, -0.05) is 6.07 Å². The number of hydrogen-bond donors (Lipinski definition) is 2. The average molecular weight is 287 g/mol. The monoisotopic (exact) mass is 286 g/mol. The van der Waals surface area contributed by atoms with E-state index in [1.54, 1.807) is 12.1 Å². The molecule has 1 amide bonds. The first-order valence-corrected chi connectivity index (χ1v) is 6.34. The van der Waals surface area contributed by atoms with E-state index < -0.39 is 11.4 Å². The fourth-order valence-corrected chi connectivity index (χ4v) is 2.25. The minimum absolute atomic E-state index is 0. The fourth-order valence-electron chi connectivity index (χ4n) is 2.25. The molecule has 0 spiro atoms. The first kappa shape index (κ1) is 15.9. The molecule has 0 radical (unpaired) electrons. The van der Waals surface area contributed by atoms with Crippen LogP contribution in [0.25, 0.3) is 0 Å². The SMILES string of the molecule is Cc1ccc(F)c(NC(=O)C2(C)CCCCN2)c1.Cl. The van der Waals surface area contributed by atoms with Gasteiger partial charge in [-0.3, -0.25) is 4.79 Å². The lowest BCUT2D eigenvalue weighted by Crippen LogP contribution is -2.54. The number of hydrogen-bond acceptors (Lipinski definition) is 2. The Morgan fingerprint density at radius 3 is 2.79 bits per heavy atom. The van der Waals surface area contributed by atoms with Gasteiger partial charge < -0.3 is 10.6 Å². The second-order valence-electron chi connectivity index (χ2n) is 5.15. The van der Waals surface area contributed by atoms with E-state index in [1.807, 2.05) is 13.8 Å². The number of aryl methyl sites for hydroxylation is 1. The van der Waals surface area contributed by atoms with Gasteiger partial charge >= 0.3 is 0 Å². The van der Waals surface area contributed by atoms with Crippen molar-refractivity contribution in [3.05, 3.63) is 29.6 Å². The number of carbonyl (C=O) groups excluding carboxylic acids is 1. The minimum atomic E-state index is -0.589. The van der Waals surface area contributed by atoms with Gasteiger partial charge in [-0.05, 0) is 57.4 Å². The maximum absolute atomic E-state index is 13.6. The van der Waals surface area contributed by atoms with Gasteiger partial charge in [0, 0.05) is 0 Å². The smallest absolute Gasteiger partial charge is 0.244 e. The van der Waals surface area contributed by atoms with Crippen LogP contribution >= 0.6 is 12.4 Å². The quantitative estimate of drug-likeness (QED) is 0.877. The zero-order chi connectivity index (χ0) is 13.2. The van der Waals surface area contributed by atoms with Crippen LogP contribution in [0.5, 0.6) is 0 Å². The van der Waals surface area contributed by atoms with Gasteiger partial charge in [0.05, 0.1) is 11.2 Å². The van der Waals surface area contributed by atoms with Crippen LogP contribution < -0.4 is 10.6 Å². The maximum atomic E-state index is 13.6. The Kier molecular flexibility index (Phi) is 5.32. The second kappa shape index (κ2) is 6.35. The lowest BCUT2D eigenvalue weighted by Gasteiger charge is -2.33. The Morgan fingerprint density at radius 2 is 2.16 bits per heavy atom. The third-order valence-corrected chi connectivity index (χ3v) is 3.49. The highest BCUT2D eigenvalue weighted by Gasteiger charge is 2.34. The van der Waals surface area contributed by atoms with Crippen LogP contribution in [0.2, 0.25) is 0 Å². The van der Waals surface area contributed by atoms with Crippen molar-refractivity contribution in [3.8, 4) is 0 Å². The average Bonchev–Trinajstić information content (AvgIpc) is 2.35. The summed E-state index contributed by atoms with van der Waals surface area (Å²) in [6, 6.07) is 4.71. The summed E-state index contributed by atoms with van der Waals surface area (Å²) in [4.78, 5) is 12.2. The number of nitrogens with one attached hydrogen (secondary N) is 2. The van der Waals surface area contributed by atoms with Crippen molar-refractivity contribution in [1.29, 1.82) is 0 Å². The third kappa shape index (κ3) is 3.67. The van der Waals surface area contributed by atoms with Gasteiger partial charge in [0.15, 0.2) is 0 Å². The first-order valence-electron chi connectivity index (χ1n) is 6.34. The highest BCUT2D eigenvalue weighted by Crippen LogP contribution is 2.22. The van der Waals surface area contributed by atoms with Crippen LogP contribution in [-0.4, -0.2) is 18.0 Å². The van der Waals surface area contributed by atoms with E-state index in [0.29, 0.717) is 0 Å². The summed E-state index contributed by atoms with van der Waals surface area (Å²) in [5.41, 5.74) is 0.594. The first-order chi connectivity index (χ1) is 8.51. The number of rotatable bonds is 2. The van der Waals surface area contributed by atoms with Crippen LogP contribution in [0.1, 0.15) is 31.7 Å². The van der Waals surface area contributed by atoms with Crippen molar-refractivity contribution in [2.24, 2.45) is 0 Å². The molecule has 1 unspecified atom stereocenters. The third-order valence-electron chi connectivity index (χ3n) is 3.49. The molecule has 5 heteroatoms. The van der Waals surface area contributed by atoms with Gasteiger partial charge in [0.1, 0.15) is 5.82 Å². The lowest BCUT2D eigenvalue weighted by atomic mass is 9.90. The summed E-state index contributed by atoms with van der Waals surface area (Å²) in [6.07, 6.45) is 2.89. The van der Waals surface area contributed by atoms with Crippen LogP contribution in [0.15, 0.2) is 18.2 Å². The molecule has 2 N–H and O–H groups in total. The van der Waals surface area contributed by atoms with E-state index >= 15 is 0 Å². The molecule has 1 saturated heterocycles. The molecule has 1 fully saturated rings. The van der Waals surface area contributed by atoms with Crippen molar-refractivity contribution >= 4 is 24.0 Å². The topological polar surface area (TPSA) is 41.1 Å². The summed E-state index contributed by atoms with van der Waals surface area (Å²) in [7, 11) is 0. The van der Waals surface area contributed by atoms with Gasteiger partial charge in [0.25, 0.3) is 0 Å². The molecule has 1 aromatic carbocycles. The summed E-state index contributed by atoms with van der Waals surface area (Å²) < 4.78 is 13.6. The number of halogens is 2. The predicted octanol–water partition coefficient (Wildman–Crippen LogP) is 3.03. The standard InChI is InChI=1S/C14H19FN2O.ClH/c1-10-5-6-11(15)12(9-10)17-13(18)14(2)7-3-4-8-16-14;/h5-6,9,16H,3-4,7-8H2,1-2H3,(H,17,18);1H. The van der Waals surface area contributed by atoms with Crippen molar-refractivity contribution in [2.45, 2.75) is 38.6 Å². The lowest BCUT2D eigenvalue weighted by molar-refractivity contribution is -0.122. The molecule has 1 aliphatic rings. The molecule has 0 aromatic heterocycles. The van der Waals surface area contributed by atoms with E-state index in [1.165, 1.54) is 6.07 Å². The van der Waals surface area contributed by atoms with Gasteiger partial charge in [-0.2, -0.15) is 0 Å². The summed E-state index contributed by atoms with van der Waals surface area (Å²) in [5, 5.41) is 5.90. The number of anilines is 1. The maximum Gasteiger partial charge on any atom is 0.244 e. The molecule has 0 saturated carbocycles. The number of carbonyl (C=O) groups is 1. The van der Waals surface area contributed by atoms with Crippen molar-refractivity contribution in [3.63, 3.8) is 0 Å². The summed E-state index contributed by atoms with van der Waals surface area (Å²) in [6.45, 7) is 4.57. The molecule has 1 atom stereocenters. The number of piperidine rings is 1. The van der Waals surface area contributed by atoms with Crippen LogP contribution in [0.3, 0.4) is 0 Å². The second-order valence-corrected chi connectivity index (χ2v) is 5.15. The minimum Gasteiger partial charge on any atom is -0.322 e. The zero-order valence-corrected chi connectivity index (χ0v) is 12.1. The molecule has 1 aromatic rings. The van der Waals surface area contributed by atoms with E-state index in [9.17, 15) is 9.18 Å². The predicted molar refractivity (Wildman–Crippen MR) is 77.3 cm³/mol. The van der Waals surface area contributed by atoms with Crippen molar-refractivity contribution in [1.82, 2.24) is 5.32 Å². The van der Waals surface area contributed by atoms with Crippen LogP contribution in [-0.2, 0) is 4.79 Å². The van der Waals surface area contributed by atoms with E-state index in [4.69, 9.17) is 0 Å². The summed E-state index contributed by atoms with van der Waals surface area (Å²) in [5.74, 6) is -0.556. The molecule has 1 aliphatic heterocycles. The molecule has 0 bridgehead atoms. The highest BCUT2D eigenvalue weighted by atomic mass is 35.5. The van der Waals surface area contributed by atoms with Crippen LogP contribution in [0, 0.1) is 12.7 Å². The summed E-state index contributed by atoms with van der Waals surface area (Å²) >= 11 is 0. The van der Waals surface area contributed by atoms with E-state index in [2.05, 4.69) is 10.6 Å². The molecule has 3 nitrogen and oxygen atoms in total. The molecular formula is C14H20ClFN2O. The Morgan fingerprint density at radius 1 is 1.42 bits per heavy atom. The molecule has 106 valence electrons. The molecule has 1 heterocycles. The largest absolute Gasteiger partial charge is 0.322 e. The zero-order valence-electron chi connectivity index (χ0n) is 11.3. The van der Waals surface area contributed by atoms with Crippen LogP contribution in [0.4, 0.5) is 10.1 Å². The van der Waals surface area contributed by atoms with Gasteiger partial charge in [0.2, 0.25) is 5.91 Å². The number of benzene rings is 1. The Bertz CT molecular complexity index is 459. The highest BCUT2D eigenvalue weighted by molar-refractivity contribution is 5.98. The van der Waals surface area contributed by atoms with Crippen molar-refractivity contribution in [2.75, 3.05) is 11.9 Å². The van der Waals surface area contributed by atoms with E-state index in [0.717, 1.165) is 31.4 Å². The Balaban J connectivity index is 0.00000180.